The highest BCUT2D eigenvalue weighted by Gasteiger charge is 2.15. The van der Waals surface area contributed by atoms with Gasteiger partial charge in [0.2, 0.25) is 0 Å². The van der Waals surface area contributed by atoms with Gasteiger partial charge in [0, 0.05) is 25.7 Å². The van der Waals surface area contributed by atoms with E-state index < -0.39 is 0 Å². The monoisotopic (exact) mass is 233 g/mol. The molecule has 0 spiro atoms. The van der Waals surface area contributed by atoms with Gasteiger partial charge in [-0.25, -0.2) is 0 Å². The van der Waals surface area contributed by atoms with E-state index in [4.69, 9.17) is 4.74 Å². The summed E-state index contributed by atoms with van der Waals surface area (Å²) in [5.41, 5.74) is 1.02. The number of rotatable bonds is 4. The van der Waals surface area contributed by atoms with Crippen LogP contribution in [0.3, 0.4) is 0 Å². The average molecular weight is 233 g/mol. The first-order chi connectivity index (χ1) is 8.24. The Bertz CT molecular complexity index is 337. The Balaban J connectivity index is 1.70. The highest BCUT2D eigenvalue weighted by Crippen LogP contribution is 2.12. The molecule has 1 unspecified atom stereocenters. The molecule has 1 N–H and O–H groups in total. The number of nitrogens with zero attached hydrogens (tertiary/aromatic N) is 1. The van der Waals surface area contributed by atoms with Crippen molar-refractivity contribution in [2.24, 2.45) is 0 Å². The van der Waals surface area contributed by atoms with Crippen LogP contribution in [0.15, 0.2) is 24.3 Å². The zero-order valence-corrected chi connectivity index (χ0v) is 10.5. The highest BCUT2D eigenvalue weighted by molar-refractivity contribution is 5.28. The molecule has 1 saturated heterocycles. The molecular formula is C14H21N2O. The fourth-order valence-electron chi connectivity index (χ4n) is 2.09. The van der Waals surface area contributed by atoms with Gasteiger partial charge in [-0.05, 0) is 38.1 Å². The van der Waals surface area contributed by atoms with Gasteiger partial charge in [0.25, 0.3) is 0 Å². The molecule has 1 aromatic rings. The van der Waals surface area contributed by atoms with Crippen molar-refractivity contribution in [3.63, 3.8) is 0 Å². The van der Waals surface area contributed by atoms with Crippen LogP contribution in [-0.4, -0.2) is 44.2 Å². The topological polar surface area (TPSA) is 24.5 Å². The Morgan fingerprint density at radius 1 is 1.41 bits per heavy atom. The molecule has 1 radical (unpaired) electrons. The van der Waals surface area contributed by atoms with E-state index in [1.807, 2.05) is 24.3 Å². The average Bonchev–Trinajstić information content (AvgIpc) is 2.32. The minimum absolute atomic E-state index is 0.556. The smallest absolute Gasteiger partial charge is 0.119 e. The summed E-state index contributed by atoms with van der Waals surface area (Å²) in [7, 11) is 2.17. The third-order valence-corrected chi connectivity index (χ3v) is 3.12. The standard InChI is InChI=1S/C14H21N2O/c1-12-3-5-14(6-4-12)17-10-7-13-11-16(2)9-8-15-13/h3-6,13,15H,1,7-11H2,2H3. The SMILES string of the molecule is [CH2]c1ccc(OCCC2CN(C)CCN2)cc1. The number of hydrogen-bond acceptors (Lipinski definition) is 3. The second-order valence-corrected chi connectivity index (χ2v) is 4.69. The first-order valence-electron chi connectivity index (χ1n) is 6.21. The second kappa shape index (κ2) is 6.03. The summed E-state index contributed by atoms with van der Waals surface area (Å²) in [6.07, 6.45) is 1.05. The van der Waals surface area contributed by atoms with Gasteiger partial charge in [0.1, 0.15) is 5.75 Å². The summed E-state index contributed by atoms with van der Waals surface area (Å²) >= 11 is 0. The van der Waals surface area contributed by atoms with E-state index in [0.717, 1.165) is 44.0 Å². The summed E-state index contributed by atoms with van der Waals surface area (Å²) in [4.78, 5) is 2.36. The van der Waals surface area contributed by atoms with Crippen LogP contribution >= 0.6 is 0 Å². The first-order valence-corrected chi connectivity index (χ1v) is 6.21. The fraction of sp³-hybridized carbons (Fsp3) is 0.500. The van der Waals surface area contributed by atoms with Gasteiger partial charge in [-0.2, -0.15) is 0 Å². The molecule has 17 heavy (non-hydrogen) atoms. The summed E-state index contributed by atoms with van der Waals surface area (Å²) < 4.78 is 5.71. The molecular weight excluding hydrogens is 212 g/mol. The van der Waals surface area contributed by atoms with Crippen LogP contribution in [0.5, 0.6) is 5.75 Å². The van der Waals surface area contributed by atoms with Crippen molar-refractivity contribution in [2.45, 2.75) is 12.5 Å². The predicted octanol–water partition coefficient (Wildman–Crippen LogP) is 1.54. The van der Waals surface area contributed by atoms with Crippen LogP contribution in [0.4, 0.5) is 0 Å². The molecule has 1 aliphatic heterocycles. The molecule has 3 nitrogen and oxygen atoms in total. The van der Waals surface area contributed by atoms with Crippen LogP contribution in [0.1, 0.15) is 12.0 Å². The van der Waals surface area contributed by atoms with Crippen LogP contribution in [0, 0.1) is 6.92 Å². The van der Waals surface area contributed by atoms with E-state index in [1.54, 1.807) is 0 Å². The Labute approximate surface area is 104 Å². The Morgan fingerprint density at radius 2 is 2.18 bits per heavy atom. The number of hydrogen-bond donors (Lipinski definition) is 1. The Morgan fingerprint density at radius 3 is 2.88 bits per heavy atom. The molecule has 1 heterocycles. The summed E-state index contributed by atoms with van der Waals surface area (Å²) in [5, 5.41) is 3.51. The molecule has 93 valence electrons. The Hall–Kier alpha value is -1.06. The molecule has 1 aliphatic rings. The van der Waals surface area contributed by atoms with Gasteiger partial charge < -0.3 is 15.0 Å². The maximum atomic E-state index is 5.71. The lowest BCUT2D eigenvalue weighted by molar-refractivity contribution is 0.206. The zero-order chi connectivity index (χ0) is 12.1. The summed E-state index contributed by atoms with van der Waals surface area (Å²) in [6.45, 7) is 7.95. The number of likely N-dealkylation sites (N-methyl/N-ethyl adjacent to an activating group) is 1. The molecule has 0 bridgehead atoms. The minimum atomic E-state index is 0.556. The second-order valence-electron chi connectivity index (χ2n) is 4.69. The summed E-state index contributed by atoms with van der Waals surface area (Å²) in [6, 6.07) is 8.45. The van der Waals surface area contributed by atoms with Crippen molar-refractivity contribution < 1.29 is 4.74 Å². The molecule has 1 atom stereocenters. The summed E-state index contributed by atoms with van der Waals surface area (Å²) in [5.74, 6) is 0.932. The van der Waals surface area contributed by atoms with Gasteiger partial charge in [0.15, 0.2) is 0 Å². The van der Waals surface area contributed by atoms with Gasteiger partial charge in [-0.15, -0.1) is 0 Å². The van der Waals surface area contributed by atoms with Gasteiger partial charge in [-0.1, -0.05) is 12.1 Å². The van der Waals surface area contributed by atoms with Crippen molar-refractivity contribution in [1.29, 1.82) is 0 Å². The number of ether oxygens (including phenoxy) is 1. The Kier molecular flexibility index (Phi) is 4.40. The maximum absolute atomic E-state index is 5.71. The van der Waals surface area contributed by atoms with Gasteiger partial charge in [0.05, 0.1) is 6.61 Å². The first kappa shape index (κ1) is 12.4. The molecule has 0 aromatic heterocycles. The largest absolute Gasteiger partial charge is 0.494 e. The van der Waals surface area contributed by atoms with Gasteiger partial charge in [-0.3, -0.25) is 0 Å². The van der Waals surface area contributed by atoms with E-state index in [1.165, 1.54) is 0 Å². The number of nitrogens with one attached hydrogen (secondary N) is 1. The van der Waals surface area contributed by atoms with Crippen molar-refractivity contribution in [2.75, 3.05) is 33.3 Å². The lowest BCUT2D eigenvalue weighted by Crippen LogP contribution is -2.49. The zero-order valence-electron chi connectivity index (χ0n) is 10.5. The van der Waals surface area contributed by atoms with E-state index in [-0.39, 0.29) is 0 Å². The third kappa shape index (κ3) is 4.02. The van der Waals surface area contributed by atoms with Crippen LogP contribution in [-0.2, 0) is 0 Å². The molecule has 1 aromatic carbocycles. The van der Waals surface area contributed by atoms with E-state index in [9.17, 15) is 0 Å². The van der Waals surface area contributed by atoms with Crippen molar-refractivity contribution in [3.8, 4) is 5.75 Å². The highest BCUT2D eigenvalue weighted by atomic mass is 16.5. The predicted molar refractivity (Wildman–Crippen MR) is 70.3 cm³/mol. The lowest BCUT2D eigenvalue weighted by Gasteiger charge is -2.30. The van der Waals surface area contributed by atoms with Crippen molar-refractivity contribution in [3.05, 3.63) is 36.8 Å². The number of piperazine rings is 1. The third-order valence-electron chi connectivity index (χ3n) is 3.12. The van der Waals surface area contributed by atoms with Crippen LogP contribution in [0.2, 0.25) is 0 Å². The normalized spacial score (nSPS) is 21.4. The van der Waals surface area contributed by atoms with Crippen molar-refractivity contribution >= 4 is 0 Å². The van der Waals surface area contributed by atoms with Gasteiger partial charge >= 0.3 is 0 Å². The van der Waals surface area contributed by atoms with E-state index in [0.29, 0.717) is 6.04 Å². The maximum Gasteiger partial charge on any atom is 0.119 e. The van der Waals surface area contributed by atoms with Crippen molar-refractivity contribution in [1.82, 2.24) is 10.2 Å². The molecule has 0 aliphatic carbocycles. The molecule has 1 fully saturated rings. The quantitative estimate of drug-likeness (QED) is 0.854. The van der Waals surface area contributed by atoms with E-state index in [2.05, 4.69) is 24.2 Å². The molecule has 0 saturated carbocycles. The van der Waals surface area contributed by atoms with Crippen LogP contribution < -0.4 is 10.1 Å². The number of benzene rings is 1. The lowest BCUT2D eigenvalue weighted by atomic mass is 10.1. The molecule has 3 heteroatoms. The van der Waals surface area contributed by atoms with Crippen LogP contribution in [0.25, 0.3) is 0 Å². The molecule has 0 amide bonds. The van der Waals surface area contributed by atoms with E-state index >= 15 is 0 Å². The molecule has 2 rings (SSSR count). The fourth-order valence-corrected chi connectivity index (χ4v) is 2.09. The minimum Gasteiger partial charge on any atom is -0.494 e.